The number of rotatable bonds is 6. The molecule has 0 amide bonds. The fourth-order valence-corrected chi connectivity index (χ4v) is 0.802. The second kappa shape index (κ2) is 8.05. The Balaban J connectivity index is 3.20. The van der Waals surface area contributed by atoms with E-state index >= 15 is 0 Å². The van der Waals surface area contributed by atoms with Gasteiger partial charge in [-0.05, 0) is 26.2 Å². The maximum absolute atomic E-state index is 10.1. The Morgan fingerprint density at radius 3 is 2.33 bits per heavy atom. The highest BCUT2D eigenvalue weighted by molar-refractivity contribution is 5.66. The van der Waals surface area contributed by atoms with Crippen LogP contribution in [0.5, 0.6) is 0 Å². The van der Waals surface area contributed by atoms with Crippen molar-refractivity contribution in [2.24, 2.45) is 0 Å². The van der Waals surface area contributed by atoms with Gasteiger partial charge in [-0.25, -0.2) is 0 Å². The van der Waals surface area contributed by atoms with Crippen molar-refractivity contribution in [2.45, 2.75) is 32.6 Å². The maximum Gasteiger partial charge on any atom is 0.303 e. The van der Waals surface area contributed by atoms with Crippen molar-refractivity contribution in [3.63, 3.8) is 0 Å². The Kier molecular flexibility index (Phi) is 7.35. The van der Waals surface area contributed by atoms with Gasteiger partial charge in [0.05, 0.1) is 0 Å². The molecule has 0 atom stereocenters. The lowest BCUT2D eigenvalue weighted by molar-refractivity contribution is -0.136. The third-order valence-electron chi connectivity index (χ3n) is 1.43. The van der Waals surface area contributed by atoms with E-state index in [1.54, 1.807) is 0 Å². The first kappa shape index (κ1) is 11.0. The quantitative estimate of drug-likeness (QED) is 0.489. The zero-order valence-electron chi connectivity index (χ0n) is 7.49. The minimum atomic E-state index is -0.729. The zero-order valence-corrected chi connectivity index (χ0v) is 7.49. The van der Waals surface area contributed by atoms with E-state index in [0.717, 1.165) is 12.8 Å². The van der Waals surface area contributed by atoms with E-state index in [0.29, 0.717) is 6.42 Å². The molecule has 2 nitrogen and oxygen atoms in total. The van der Waals surface area contributed by atoms with Crippen molar-refractivity contribution in [1.29, 1.82) is 0 Å². The molecule has 0 aliphatic carbocycles. The summed E-state index contributed by atoms with van der Waals surface area (Å²) in [6.45, 7) is 1.99. The first-order valence-electron chi connectivity index (χ1n) is 4.25. The number of unbranched alkanes of at least 4 members (excludes halogenated alkanes) is 1. The number of hydrogen-bond donors (Lipinski definition) is 1. The molecule has 0 bridgehead atoms. The van der Waals surface area contributed by atoms with Crippen LogP contribution in [0.2, 0.25) is 0 Å². The topological polar surface area (TPSA) is 37.3 Å². The predicted molar refractivity (Wildman–Crippen MR) is 50.1 cm³/mol. The maximum atomic E-state index is 10.1. The molecule has 0 aromatic carbocycles. The molecule has 0 saturated heterocycles. The first-order chi connectivity index (χ1) is 5.77. The van der Waals surface area contributed by atoms with Crippen molar-refractivity contribution in [3.8, 4) is 0 Å². The molecule has 0 heterocycles. The molecule has 0 aromatic heterocycles. The summed E-state index contributed by atoms with van der Waals surface area (Å²) in [5.41, 5.74) is 0. The summed E-state index contributed by atoms with van der Waals surface area (Å²) in [4.78, 5) is 10.1. The molecule has 68 valence electrons. The minimum Gasteiger partial charge on any atom is -0.481 e. The molecule has 0 aliphatic rings. The average Bonchev–Trinajstić information content (AvgIpc) is 2.02. The second-order valence-electron chi connectivity index (χ2n) is 2.55. The smallest absolute Gasteiger partial charge is 0.303 e. The van der Waals surface area contributed by atoms with Gasteiger partial charge in [0.1, 0.15) is 0 Å². The van der Waals surface area contributed by atoms with Crippen molar-refractivity contribution in [1.82, 2.24) is 0 Å². The Morgan fingerprint density at radius 1 is 1.17 bits per heavy atom. The molecule has 0 radical (unpaired) electrons. The van der Waals surface area contributed by atoms with Crippen LogP contribution in [0.1, 0.15) is 32.6 Å². The third kappa shape index (κ3) is 8.95. The van der Waals surface area contributed by atoms with E-state index in [1.165, 1.54) is 0 Å². The van der Waals surface area contributed by atoms with Crippen LogP contribution in [0.25, 0.3) is 0 Å². The van der Waals surface area contributed by atoms with Crippen LogP contribution >= 0.6 is 0 Å². The largest absolute Gasteiger partial charge is 0.481 e. The Labute approximate surface area is 73.6 Å². The number of aliphatic carboxylic acids is 1. The lowest BCUT2D eigenvalue weighted by atomic mass is 10.2. The molecular formula is C10H16O2. The molecule has 0 spiro atoms. The molecule has 12 heavy (non-hydrogen) atoms. The third-order valence-corrected chi connectivity index (χ3v) is 1.43. The molecule has 1 N–H and O–H groups in total. The monoisotopic (exact) mass is 168 g/mol. The van der Waals surface area contributed by atoms with Gasteiger partial charge < -0.3 is 5.11 Å². The van der Waals surface area contributed by atoms with Crippen LogP contribution in [0, 0.1) is 0 Å². The molecule has 0 aliphatic heterocycles. The van der Waals surface area contributed by atoms with E-state index < -0.39 is 5.97 Å². The summed E-state index contributed by atoms with van der Waals surface area (Å²) < 4.78 is 0. The lowest BCUT2D eigenvalue weighted by Gasteiger charge is -1.87. The highest BCUT2D eigenvalue weighted by Gasteiger charge is 1.90. The number of hydrogen-bond acceptors (Lipinski definition) is 1. The van der Waals surface area contributed by atoms with Crippen LogP contribution in [0.3, 0.4) is 0 Å². The zero-order chi connectivity index (χ0) is 9.23. The number of allylic oxidation sites excluding steroid dienone is 4. The Morgan fingerprint density at radius 2 is 1.75 bits per heavy atom. The van der Waals surface area contributed by atoms with Gasteiger partial charge in [-0.1, -0.05) is 24.3 Å². The number of carboxylic acid groups (broad SMARTS) is 1. The summed E-state index contributed by atoms with van der Waals surface area (Å²) in [7, 11) is 0. The summed E-state index contributed by atoms with van der Waals surface area (Å²) in [6, 6.07) is 0. The van der Waals surface area contributed by atoms with Crippen molar-refractivity contribution < 1.29 is 9.90 Å². The van der Waals surface area contributed by atoms with E-state index in [-0.39, 0.29) is 6.42 Å². The first-order valence-corrected chi connectivity index (χ1v) is 4.25. The Bertz CT molecular complexity index is 169. The van der Waals surface area contributed by atoms with E-state index in [4.69, 9.17) is 5.11 Å². The van der Waals surface area contributed by atoms with E-state index in [2.05, 4.69) is 6.08 Å². The van der Waals surface area contributed by atoms with Gasteiger partial charge in [-0.2, -0.15) is 0 Å². The van der Waals surface area contributed by atoms with Crippen LogP contribution in [0.4, 0.5) is 0 Å². The molecule has 0 fully saturated rings. The molecule has 2 heteroatoms. The molecule has 0 saturated carbocycles. The standard InChI is InChI=1S/C10H16O2/c1-2-3-4-5-6-7-8-9-10(11)12/h2-3,6-7H,4-5,8-9H2,1H3,(H,11,12). The van der Waals surface area contributed by atoms with Gasteiger partial charge >= 0.3 is 5.97 Å². The molecule has 0 rings (SSSR count). The normalized spacial score (nSPS) is 11.4. The predicted octanol–water partition coefficient (Wildman–Crippen LogP) is 2.76. The van der Waals surface area contributed by atoms with Gasteiger partial charge in [0.25, 0.3) is 0 Å². The minimum absolute atomic E-state index is 0.236. The van der Waals surface area contributed by atoms with E-state index in [1.807, 2.05) is 25.2 Å². The van der Waals surface area contributed by atoms with Crippen molar-refractivity contribution in [3.05, 3.63) is 24.3 Å². The van der Waals surface area contributed by atoms with Gasteiger partial charge in [0.2, 0.25) is 0 Å². The lowest BCUT2D eigenvalue weighted by Crippen LogP contribution is -1.91. The van der Waals surface area contributed by atoms with Crippen LogP contribution in [0.15, 0.2) is 24.3 Å². The fraction of sp³-hybridized carbons (Fsp3) is 0.500. The highest BCUT2D eigenvalue weighted by atomic mass is 16.4. The molecule has 0 aromatic rings. The van der Waals surface area contributed by atoms with Gasteiger partial charge in [0, 0.05) is 6.42 Å². The molecular weight excluding hydrogens is 152 g/mol. The van der Waals surface area contributed by atoms with E-state index in [9.17, 15) is 4.79 Å². The van der Waals surface area contributed by atoms with Crippen molar-refractivity contribution in [2.75, 3.05) is 0 Å². The summed E-state index contributed by atoms with van der Waals surface area (Å²) in [5.74, 6) is -0.729. The number of carboxylic acids is 1. The van der Waals surface area contributed by atoms with Gasteiger partial charge in [-0.3, -0.25) is 4.79 Å². The van der Waals surface area contributed by atoms with Crippen LogP contribution < -0.4 is 0 Å². The Hall–Kier alpha value is -1.05. The summed E-state index contributed by atoms with van der Waals surface area (Å²) in [6.07, 6.45) is 11.0. The molecule has 0 unspecified atom stereocenters. The second-order valence-corrected chi connectivity index (χ2v) is 2.55. The SMILES string of the molecule is CC=CCCC=CCCC(=O)O. The van der Waals surface area contributed by atoms with Gasteiger partial charge in [-0.15, -0.1) is 0 Å². The highest BCUT2D eigenvalue weighted by Crippen LogP contribution is 1.96. The van der Waals surface area contributed by atoms with Gasteiger partial charge in [0.15, 0.2) is 0 Å². The summed E-state index contributed by atoms with van der Waals surface area (Å²) in [5, 5.41) is 8.31. The fourth-order valence-electron chi connectivity index (χ4n) is 0.802. The van der Waals surface area contributed by atoms with Crippen molar-refractivity contribution >= 4 is 5.97 Å². The van der Waals surface area contributed by atoms with Crippen LogP contribution in [-0.2, 0) is 4.79 Å². The summed E-state index contributed by atoms with van der Waals surface area (Å²) >= 11 is 0. The van der Waals surface area contributed by atoms with Crippen LogP contribution in [-0.4, -0.2) is 11.1 Å². The number of carbonyl (C=O) groups is 1. The average molecular weight is 168 g/mol.